The minimum atomic E-state index is -5.36. The molecule has 0 amide bonds. The van der Waals surface area contributed by atoms with Crippen LogP contribution in [0.2, 0.25) is 0 Å². The summed E-state index contributed by atoms with van der Waals surface area (Å²) in [6.07, 6.45) is -6.30. The van der Waals surface area contributed by atoms with Crippen molar-refractivity contribution in [2.75, 3.05) is 6.61 Å². The van der Waals surface area contributed by atoms with E-state index in [9.17, 15) is 19.0 Å². The van der Waals surface area contributed by atoms with Crippen LogP contribution in [0.3, 0.4) is 0 Å². The maximum Gasteiger partial charge on any atom is 0.481 e. The molecule has 0 radical (unpaired) electrons. The van der Waals surface area contributed by atoms with Crippen molar-refractivity contribution >= 4 is 21.9 Å². The number of carbonyl (C=O) groups excluding carboxylic acids is 1. The molecule has 0 aromatic carbocycles. The predicted molar refractivity (Wildman–Crippen MR) is 53.0 cm³/mol. The second-order valence-corrected chi connectivity index (χ2v) is 5.77. The number of aliphatic hydroxyl groups is 3. The first kappa shape index (κ1) is 17.8. The van der Waals surface area contributed by atoms with Crippen molar-refractivity contribution in [3.8, 4) is 0 Å². The third-order valence-corrected chi connectivity index (χ3v) is 3.70. The molecule has 0 aromatic rings. The van der Waals surface area contributed by atoms with Crippen LogP contribution >= 0.6 is 15.6 Å². The Bertz CT molecular complexity index is 362. The van der Waals surface area contributed by atoms with Gasteiger partial charge in [0.15, 0.2) is 12.4 Å². The summed E-state index contributed by atoms with van der Waals surface area (Å²) in [7, 11) is -10.7. The van der Waals surface area contributed by atoms with Gasteiger partial charge in [-0.2, -0.15) is 4.31 Å². The van der Waals surface area contributed by atoms with Gasteiger partial charge in [-0.05, 0) is 0 Å². The second-order valence-electron chi connectivity index (χ2n) is 2.99. The van der Waals surface area contributed by atoms with Crippen LogP contribution in [0.5, 0.6) is 0 Å². The molecule has 108 valence electrons. The quantitative estimate of drug-likeness (QED) is 0.205. The van der Waals surface area contributed by atoms with Crippen molar-refractivity contribution in [3.63, 3.8) is 0 Å². The van der Waals surface area contributed by atoms with Crippen molar-refractivity contribution in [2.45, 2.75) is 18.3 Å². The number of rotatable bonds is 8. The lowest BCUT2D eigenvalue weighted by atomic mass is 10.1. The number of aliphatic hydroxyl groups excluding tert-OH is 3. The Morgan fingerprint density at radius 1 is 1.17 bits per heavy atom. The first-order chi connectivity index (χ1) is 8.02. The van der Waals surface area contributed by atoms with E-state index in [-0.39, 0.29) is 6.29 Å². The third-order valence-electron chi connectivity index (χ3n) is 1.52. The van der Waals surface area contributed by atoms with Crippen LogP contribution in [0.1, 0.15) is 0 Å². The maximum absolute atomic E-state index is 11.0. The number of aldehydes is 1. The van der Waals surface area contributed by atoms with Gasteiger partial charge in [0, 0.05) is 0 Å². The highest BCUT2D eigenvalue weighted by Gasteiger charge is 2.38. The first-order valence-corrected chi connectivity index (χ1v) is 7.25. The van der Waals surface area contributed by atoms with E-state index in [1.807, 2.05) is 0 Å². The number of phosphoric ester groups is 1. The van der Waals surface area contributed by atoms with Crippen molar-refractivity contribution in [1.29, 1.82) is 0 Å². The molecule has 0 heterocycles. The highest BCUT2D eigenvalue weighted by molar-refractivity contribution is 7.60. The topological polar surface area (TPSA) is 191 Å². The van der Waals surface area contributed by atoms with E-state index in [0.717, 1.165) is 0 Å². The monoisotopic (exact) mass is 310 g/mol. The molecule has 0 aliphatic rings. The van der Waals surface area contributed by atoms with Gasteiger partial charge in [-0.25, -0.2) is 9.13 Å². The Balaban J connectivity index is 4.77. The molecule has 1 unspecified atom stereocenters. The van der Waals surface area contributed by atoms with Crippen molar-refractivity contribution in [2.24, 2.45) is 0 Å². The number of carbonyl (C=O) groups is 1. The largest absolute Gasteiger partial charge is 0.481 e. The summed E-state index contributed by atoms with van der Waals surface area (Å²) >= 11 is 0. The fourth-order valence-corrected chi connectivity index (χ4v) is 2.51. The summed E-state index contributed by atoms with van der Waals surface area (Å²) in [5.41, 5.74) is 0. The van der Waals surface area contributed by atoms with Crippen LogP contribution in [-0.2, 0) is 22.8 Å². The zero-order chi connectivity index (χ0) is 14.6. The van der Waals surface area contributed by atoms with Crippen molar-refractivity contribution < 1.29 is 52.8 Å². The Kier molecular flexibility index (Phi) is 6.75. The second kappa shape index (κ2) is 6.83. The zero-order valence-electron chi connectivity index (χ0n) is 8.64. The molecule has 0 spiro atoms. The fraction of sp³-hybridized carbons (Fsp3) is 0.800. The zero-order valence-corrected chi connectivity index (χ0v) is 10.4. The molecule has 0 saturated heterocycles. The first-order valence-electron chi connectivity index (χ1n) is 4.23. The molecule has 0 fully saturated rings. The predicted octanol–water partition coefficient (Wildman–Crippen LogP) is -2.51. The molecule has 0 aliphatic carbocycles. The average molecular weight is 310 g/mol. The van der Waals surface area contributed by atoms with Gasteiger partial charge in [0.2, 0.25) is 0 Å². The van der Waals surface area contributed by atoms with E-state index in [2.05, 4.69) is 8.83 Å². The fourth-order valence-electron chi connectivity index (χ4n) is 0.802. The molecule has 0 aromatic heterocycles. The summed E-state index contributed by atoms with van der Waals surface area (Å²) in [6, 6.07) is 0. The maximum atomic E-state index is 11.0. The Labute approximate surface area is 100 Å². The molecule has 0 rings (SSSR count). The van der Waals surface area contributed by atoms with Crippen LogP contribution in [0, 0.1) is 0 Å². The number of phosphoric acid groups is 2. The van der Waals surface area contributed by atoms with E-state index < -0.39 is 40.6 Å². The van der Waals surface area contributed by atoms with Crippen LogP contribution in [0.4, 0.5) is 0 Å². The van der Waals surface area contributed by atoms with Crippen LogP contribution in [0.15, 0.2) is 0 Å². The van der Waals surface area contributed by atoms with Crippen LogP contribution in [0.25, 0.3) is 0 Å². The van der Waals surface area contributed by atoms with E-state index in [0.29, 0.717) is 0 Å². The smallest absolute Gasteiger partial charge is 0.394 e. The van der Waals surface area contributed by atoms with Gasteiger partial charge in [0.05, 0.1) is 6.61 Å². The molecule has 4 atom stereocenters. The van der Waals surface area contributed by atoms with Crippen LogP contribution < -0.4 is 0 Å². The molecular formula is C5H12O11P2. The molecule has 13 heteroatoms. The number of hydrogen-bond acceptors (Lipinski definition) is 8. The summed E-state index contributed by atoms with van der Waals surface area (Å²) in [5, 5.41) is 26.6. The van der Waals surface area contributed by atoms with E-state index in [4.69, 9.17) is 24.9 Å². The summed E-state index contributed by atoms with van der Waals surface area (Å²) < 4.78 is 28.6. The Morgan fingerprint density at radius 3 is 2.00 bits per heavy atom. The highest BCUT2D eigenvalue weighted by Crippen LogP contribution is 2.58. The van der Waals surface area contributed by atoms with Gasteiger partial charge >= 0.3 is 15.6 Å². The van der Waals surface area contributed by atoms with Crippen molar-refractivity contribution in [3.05, 3.63) is 0 Å². The summed E-state index contributed by atoms with van der Waals surface area (Å²) in [5.74, 6) is 0. The molecule has 11 nitrogen and oxygen atoms in total. The van der Waals surface area contributed by atoms with Gasteiger partial charge in [-0.3, -0.25) is 4.52 Å². The molecule has 0 saturated carbocycles. The summed E-state index contributed by atoms with van der Waals surface area (Å²) in [4.78, 5) is 35.8. The number of hydrogen-bond donors (Lipinski definition) is 6. The molecule has 18 heavy (non-hydrogen) atoms. The molecule has 0 aliphatic heterocycles. The minimum Gasteiger partial charge on any atom is -0.394 e. The van der Waals surface area contributed by atoms with Gasteiger partial charge in [0.1, 0.15) is 12.2 Å². The van der Waals surface area contributed by atoms with Gasteiger partial charge in [0.25, 0.3) is 0 Å². The highest BCUT2D eigenvalue weighted by atomic mass is 31.3. The molecule has 6 N–H and O–H groups in total. The molecule has 0 bridgehead atoms. The van der Waals surface area contributed by atoms with Crippen LogP contribution in [-0.4, -0.2) is 61.2 Å². The van der Waals surface area contributed by atoms with Gasteiger partial charge in [-0.1, -0.05) is 0 Å². The standard InChI is InChI=1S/C5H12O11P2/c6-1-3(8)5(9)4(2-7)15-18(13,14)16-17(10,11)12/h2-6,8-9H,1H2,(H,13,14)(H2,10,11,12)/t3-,4+,5+/m1/s1. The lowest BCUT2D eigenvalue weighted by Crippen LogP contribution is -2.41. The lowest BCUT2D eigenvalue weighted by Gasteiger charge is -2.23. The lowest BCUT2D eigenvalue weighted by molar-refractivity contribution is -0.126. The normalized spacial score (nSPS) is 20.8. The Hall–Kier alpha value is -0.190. The summed E-state index contributed by atoms with van der Waals surface area (Å²) in [6.45, 7) is -0.982. The third kappa shape index (κ3) is 6.66. The van der Waals surface area contributed by atoms with E-state index in [1.54, 1.807) is 0 Å². The molecular weight excluding hydrogens is 298 g/mol. The van der Waals surface area contributed by atoms with E-state index in [1.165, 1.54) is 0 Å². The van der Waals surface area contributed by atoms with Gasteiger partial charge in [-0.15, -0.1) is 0 Å². The van der Waals surface area contributed by atoms with Gasteiger partial charge < -0.3 is 34.8 Å². The average Bonchev–Trinajstić information content (AvgIpc) is 2.20. The minimum absolute atomic E-state index is 0.213. The Morgan fingerprint density at radius 2 is 1.67 bits per heavy atom. The van der Waals surface area contributed by atoms with Crippen molar-refractivity contribution in [1.82, 2.24) is 0 Å². The SMILES string of the molecule is O=C[C@H](OP(=O)(O)OP(=O)(O)O)[C@@H](O)[C@H](O)CO. The van der Waals surface area contributed by atoms with E-state index >= 15 is 0 Å².